The fourth-order valence-electron chi connectivity index (χ4n) is 1.26. The molecule has 3 heteroatoms. The monoisotopic (exact) mass is 207 g/mol. The van der Waals surface area contributed by atoms with Gasteiger partial charge in [-0.25, -0.2) is 0 Å². The van der Waals surface area contributed by atoms with Crippen LogP contribution < -0.4 is 5.06 Å². The van der Waals surface area contributed by atoms with Crippen LogP contribution in [0.2, 0.25) is 0 Å². The molecule has 0 aromatic heterocycles. The summed E-state index contributed by atoms with van der Waals surface area (Å²) in [7, 11) is 1.54. The molecule has 3 nitrogen and oxygen atoms in total. The summed E-state index contributed by atoms with van der Waals surface area (Å²) in [4.78, 5) is 11.9. The summed E-state index contributed by atoms with van der Waals surface area (Å²) < 4.78 is 0. The summed E-state index contributed by atoms with van der Waals surface area (Å²) >= 11 is 0. The van der Waals surface area contributed by atoms with Crippen LogP contribution in [0.5, 0.6) is 0 Å². The first kappa shape index (κ1) is 11.7. The topological polar surface area (TPSA) is 40.5 Å². The Labute approximate surface area is 90.3 Å². The van der Waals surface area contributed by atoms with E-state index in [1.807, 2.05) is 20.8 Å². The van der Waals surface area contributed by atoms with Gasteiger partial charge in [0, 0.05) is 18.0 Å². The maximum absolute atomic E-state index is 11.9. The molecule has 0 bridgehead atoms. The lowest BCUT2D eigenvalue weighted by atomic mass is 9.86. The predicted octanol–water partition coefficient (Wildman–Crippen LogP) is 2.74. The first-order chi connectivity index (χ1) is 6.82. The van der Waals surface area contributed by atoms with Crippen LogP contribution in [-0.2, 0) is 0 Å². The maximum atomic E-state index is 11.9. The second-order valence-corrected chi connectivity index (χ2v) is 4.65. The number of rotatable bonds is 2. The van der Waals surface area contributed by atoms with Crippen molar-refractivity contribution in [1.29, 1.82) is 0 Å². The molecule has 0 radical (unpaired) electrons. The summed E-state index contributed by atoms with van der Waals surface area (Å²) in [6.07, 6.45) is 0. The zero-order valence-corrected chi connectivity index (χ0v) is 9.61. The van der Waals surface area contributed by atoms with Gasteiger partial charge >= 0.3 is 0 Å². The molecular weight excluding hydrogens is 190 g/mol. The molecule has 1 rings (SSSR count). The Morgan fingerprint density at radius 3 is 2.00 bits per heavy atom. The molecule has 15 heavy (non-hydrogen) atoms. The number of anilines is 1. The molecule has 0 aliphatic heterocycles. The second-order valence-electron chi connectivity index (χ2n) is 4.65. The molecule has 0 unspecified atom stereocenters. The van der Waals surface area contributed by atoms with Gasteiger partial charge in [0.15, 0.2) is 5.78 Å². The predicted molar refractivity (Wildman–Crippen MR) is 60.4 cm³/mol. The Hall–Kier alpha value is -1.35. The van der Waals surface area contributed by atoms with E-state index in [-0.39, 0.29) is 11.2 Å². The first-order valence-electron chi connectivity index (χ1n) is 4.90. The lowest BCUT2D eigenvalue weighted by Gasteiger charge is -2.17. The molecule has 0 aliphatic rings. The lowest BCUT2D eigenvalue weighted by molar-refractivity contribution is 0.0858. The van der Waals surface area contributed by atoms with Crippen LogP contribution in [0, 0.1) is 5.41 Å². The third-order valence-electron chi connectivity index (χ3n) is 2.18. The average Bonchev–Trinajstić information content (AvgIpc) is 2.15. The minimum atomic E-state index is -0.368. The van der Waals surface area contributed by atoms with Crippen molar-refractivity contribution in [2.75, 3.05) is 12.1 Å². The minimum Gasteiger partial charge on any atom is -0.294 e. The van der Waals surface area contributed by atoms with E-state index in [1.54, 1.807) is 31.3 Å². The van der Waals surface area contributed by atoms with E-state index in [0.717, 1.165) is 5.06 Å². The van der Waals surface area contributed by atoms with Crippen LogP contribution in [0.4, 0.5) is 5.69 Å². The van der Waals surface area contributed by atoms with Crippen LogP contribution in [0.15, 0.2) is 24.3 Å². The molecule has 1 aromatic rings. The SMILES string of the molecule is CN(O)c1ccc(C(=O)C(C)(C)C)cc1. The van der Waals surface area contributed by atoms with Crippen molar-refractivity contribution in [2.45, 2.75) is 20.8 Å². The molecule has 82 valence electrons. The fraction of sp³-hybridized carbons (Fsp3) is 0.417. The second kappa shape index (κ2) is 4.03. The van der Waals surface area contributed by atoms with Crippen molar-refractivity contribution >= 4 is 11.5 Å². The van der Waals surface area contributed by atoms with Crippen LogP contribution in [0.1, 0.15) is 31.1 Å². The van der Waals surface area contributed by atoms with E-state index in [4.69, 9.17) is 5.21 Å². The Morgan fingerprint density at radius 1 is 1.20 bits per heavy atom. The molecule has 0 saturated carbocycles. The number of carbonyl (C=O) groups excluding carboxylic acids is 1. The number of nitrogens with zero attached hydrogens (tertiary/aromatic N) is 1. The van der Waals surface area contributed by atoms with Gasteiger partial charge in [-0.1, -0.05) is 20.8 Å². The van der Waals surface area contributed by atoms with Crippen LogP contribution in [0.3, 0.4) is 0 Å². The van der Waals surface area contributed by atoms with Gasteiger partial charge in [0.25, 0.3) is 0 Å². The van der Waals surface area contributed by atoms with Gasteiger partial charge in [0.05, 0.1) is 5.69 Å². The number of benzene rings is 1. The maximum Gasteiger partial charge on any atom is 0.168 e. The van der Waals surface area contributed by atoms with Crippen molar-refractivity contribution in [3.63, 3.8) is 0 Å². The van der Waals surface area contributed by atoms with Crippen molar-refractivity contribution < 1.29 is 10.0 Å². The molecular formula is C12H17NO2. The van der Waals surface area contributed by atoms with E-state index < -0.39 is 0 Å². The third-order valence-corrected chi connectivity index (χ3v) is 2.18. The van der Waals surface area contributed by atoms with Crippen molar-refractivity contribution in [1.82, 2.24) is 0 Å². The quantitative estimate of drug-likeness (QED) is 0.598. The highest BCUT2D eigenvalue weighted by molar-refractivity contribution is 6.00. The zero-order valence-electron chi connectivity index (χ0n) is 9.61. The van der Waals surface area contributed by atoms with Crippen molar-refractivity contribution in [3.8, 4) is 0 Å². The lowest BCUT2D eigenvalue weighted by Crippen LogP contribution is -2.20. The Balaban J connectivity index is 2.95. The molecule has 0 aliphatic carbocycles. The molecule has 0 fully saturated rings. The molecule has 1 aromatic carbocycles. The fourth-order valence-corrected chi connectivity index (χ4v) is 1.26. The summed E-state index contributed by atoms with van der Waals surface area (Å²) in [6, 6.07) is 6.91. The highest BCUT2D eigenvalue weighted by atomic mass is 16.5. The van der Waals surface area contributed by atoms with Gasteiger partial charge in [0.1, 0.15) is 0 Å². The van der Waals surface area contributed by atoms with Gasteiger partial charge in [0.2, 0.25) is 0 Å². The molecule has 1 N–H and O–H groups in total. The van der Waals surface area contributed by atoms with Crippen LogP contribution >= 0.6 is 0 Å². The molecule has 0 atom stereocenters. The number of Topliss-reactive ketones (excluding diaryl/α,β-unsaturated/α-hetero) is 1. The van der Waals surface area contributed by atoms with E-state index in [9.17, 15) is 4.79 Å². The molecule has 0 saturated heterocycles. The average molecular weight is 207 g/mol. The van der Waals surface area contributed by atoms with E-state index >= 15 is 0 Å². The standard InChI is InChI=1S/C12H17NO2/c1-12(2,3)11(14)9-5-7-10(8-6-9)13(4)15/h5-8,15H,1-4H3. The number of hydroxylamine groups is 1. The number of hydrogen-bond donors (Lipinski definition) is 1. The zero-order chi connectivity index (χ0) is 11.6. The summed E-state index contributed by atoms with van der Waals surface area (Å²) in [5, 5.41) is 10.2. The molecule has 0 spiro atoms. The van der Waals surface area contributed by atoms with Gasteiger partial charge in [-0.2, -0.15) is 0 Å². The van der Waals surface area contributed by atoms with E-state index in [2.05, 4.69) is 0 Å². The molecule has 0 heterocycles. The van der Waals surface area contributed by atoms with Gasteiger partial charge in [-0.15, -0.1) is 0 Å². The Bertz CT molecular complexity index is 347. The minimum absolute atomic E-state index is 0.106. The largest absolute Gasteiger partial charge is 0.294 e. The van der Waals surface area contributed by atoms with Crippen molar-refractivity contribution in [2.24, 2.45) is 5.41 Å². The van der Waals surface area contributed by atoms with E-state index in [1.165, 1.54) is 0 Å². The van der Waals surface area contributed by atoms with Crippen LogP contribution in [0.25, 0.3) is 0 Å². The molecule has 0 amide bonds. The number of carbonyl (C=O) groups is 1. The Morgan fingerprint density at radius 2 is 1.67 bits per heavy atom. The normalized spacial score (nSPS) is 11.3. The van der Waals surface area contributed by atoms with Gasteiger partial charge in [-0.3, -0.25) is 15.1 Å². The third kappa shape index (κ3) is 2.80. The van der Waals surface area contributed by atoms with Crippen LogP contribution in [-0.4, -0.2) is 18.0 Å². The smallest absolute Gasteiger partial charge is 0.168 e. The Kier molecular flexibility index (Phi) is 3.15. The summed E-state index contributed by atoms with van der Waals surface area (Å²) in [5.41, 5.74) is 0.973. The van der Waals surface area contributed by atoms with Gasteiger partial charge < -0.3 is 0 Å². The van der Waals surface area contributed by atoms with Gasteiger partial charge in [-0.05, 0) is 24.3 Å². The van der Waals surface area contributed by atoms with Crippen molar-refractivity contribution in [3.05, 3.63) is 29.8 Å². The van der Waals surface area contributed by atoms with E-state index in [0.29, 0.717) is 11.3 Å². The number of hydrogen-bond acceptors (Lipinski definition) is 3. The number of ketones is 1. The summed E-state index contributed by atoms with van der Waals surface area (Å²) in [5.74, 6) is 0.106. The highest BCUT2D eigenvalue weighted by Crippen LogP contribution is 2.22. The first-order valence-corrected chi connectivity index (χ1v) is 4.90. The summed E-state index contributed by atoms with van der Waals surface area (Å²) in [6.45, 7) is 5.67. The highest BCUT2D eigenvalue weighted by Gasteiger charge is 2.22.